The first-order valence-corrected chi connectivity index (χ1v) is 10.5. The lowest BCUT2D eigenvalue weighted by molar-refractivity contribution is 0.0693. The number of piperazine rings is 1. The van der Waals surface area contributed by atoms with Crippen LogP contribution < -0.4 is 0 Å². The molecule has 27 heavy (non-hydrogen) atoms. The summed E-state index contributed by atoms with van der Waals surface area (Å²) in [6, 6.07) is 7.34. The zero-order valence-corrected chi connectivity index (χ0v) is 17.0. The molecule has 5 nitrogen and oxygen atoms in total. The molecule has 1 heterocycles. The molecular weight excluding hydrogens is 466 g/mol. The van der Waals surface area contributed by atoms with E-state index in [4.69, 9.17) is 11.6 Å². The quantitative estimate of drug-likeness (QED) is 0.677. The van der Waals surface area contributed by atoms with Gasteiger partial charge < -0.3 is 4.90 Å². The topological polar surface area (TPSA) is 57.7 Å². The number of sulfonamides is 1. The number of hydrogen-bond acceptors (Lipinski definition) is 3. The molecule has 0 radical (unpaired) electrons. The SMILES string of the molecule is O=C(c1ccc(Br)cc1F)N1CCN(S(=O)(=O)c2ccc(F)c(Cl)c2)CC1. The van der Waals surface area contributed by atoms with E-state index in [-0.39, 0.29) is 41.7 Å². The molecule has 1 amide bonds. The maximum absolute atomic E-state index is 14.0. The molecular formula is C17H14BrClF2N2O3S. The molecule has 1 aliphatic heterocycles. The summed E-state index contributed by atoms with van der Waals surface area (Å²) in [6.07, 6.45) is 0. The Bertz CT molecular complexity index is 996. The predicted molar refractivity (Wildman–Crippen MR) is 100 cm³/mol. The van der Waals surface area contributed by atoms with E-state index in [1.807, 2.05) is 0 Å². The third-order valence-electron chi connectivity index (χ3n) is 4.22. The highest BCUT2D eigenvalue weighted by atomic mass is 79.9. The van der Waals surface area contributed by atoms with Gasteiger partial charge in [0.15, 0.2) is 0 Å². The third kappa shape index (κ3) is 4.16. The Hall–Kier alpha value is -1.55. The molecule has 3 rings (SSSR count). The van der Waals surface area contributed by atoms with Gasteiger partial charge in [0.1, 0.15) is 11.6 Å². The van der Waals surface area contributed by atoms with E-state index in [9.17, 15) is 22.0 Å². The number of halogens is 4. The summed E-state index contributed by atoms with van der Waals surface area (Å²) in [5.41, 5.74) is -0.0696. The Kier molecular flexibility index (Phi) is 5.85. The first-order chi connectivity index (χ1) is 12.7. The minimum atomic E-state index is -3.86. The molecule has 0 saturated carbocycles. The van der Waals surface area contributed by atoms with Crippen LogP contribution in [0.25, 0.3) is 0 Å². The van der Waals surface area contributed by atoms with Crippen LogP contribution in [0.3, 0.4) is 0 Å². The monoisotopic (exact) mass is 478 g/mol. The van der Waals surface area contributed by atoms with Gasteiger partial charge in [0.05, 0.1) is 15.5 Å². The van der Waals surface area contributed by atoms with Crippen LogP contribution in [0.4, 0.5) is 8.78 Å². The van der Waals surface area contributed by atoms with Crippen LogP contribution in [0.2, 0.25) is 5.02 Å². The molecule has 1 saturated heterocycles. The van der Waals surface area contributed by atoms with Crippen molar-refractivity contribution in [1.82, 2.24) is 9.21 Å². The average molecular weight is 480 g/mol. The molecule has 1 aliphatic rings. The lowest BCUT2D eigenvalue weighted by atomic mass is 10.1. The lowest BCUT2D eigenvalue weighted by Gasteiger charge is -2.34. The molecule has 0 atom stereocenters. The molecule has 2 aromatic rings. The number of carbonyl (C=O) groups is 1. The van der Waals surface area contributed by atoms with Crippen molar-refractivity contribution in [1.29, 1.82) is 0 Å². The fourth-order valence-corrected chi connectivity index (χ4v) is 4.78. The Labute approximate surface area is 168 Å². The van der Waals surface area contributed by atoms with Crippen LogP contribution in [-0.4, -0.2) is 49.7 Å². The first-order valence-electron chi connectivity index (χ1n) is 7.89. The van der Waals surface area contributed by atoms with Crippen molar-refractivity contribution in [2.75, 3.05) is 26.2 Å². The van der Waals surface area contributed by atoms with Gasteiger partial charge in [-0.05, 0) is 36.4 Å². The summed E-state index contributed by atoms with van der Waals surface area (Å²) < 4.78 is 54.3. The van der Waals surface area contributed by atoms with Gasteiger partial charge >= 0.3 is 0 Å². The molecule has 0 unspecified atom stereocenters. The van der Waals surface area contributed by atoms with Gasteiger partial charge in [0.25, 0.3) is 5.91 Å². The van der Waals surface area contributed by atoms with Crippen molar-refractivity contribution < 1.29 is 22.0 Å². The standard InChI is InChI=1S/C17H14BrClF2N2O3S/c18-11-1-3-13(16(21)9-11)17(24)22-5-7-23(8-6-22)27(25,26)12-2-4-15(20)14(19)10-12/h1-4,9-10H,5-8H2. The summed E-state index contributed by atoms with van der Waals surface area (Å²) in [6.45, 7) is 0.313. The number of carbonyl (C=O) groups excluding carboxylic acids is 1. The summed E-state index contributed by atoms with van der Waals surface area (Å²) >= 11 is 8.80. The Morgan fingerprint density at radius 1 is 1.00 bits per heavy atom. The summed E-state index contributed by atoms with van der Waals surface area (Å²) in [5.74, 6) is -1.85. The smallest absolute Gasteiger partial charge is 0.256 e. The molecule has 0 aromatic heterocycles. The summed E-state index contributed by atoms with van der Waals surface area (Å²) in [5, 5.41) is -0.282. The van der Waals surface area contributed by atoms with Gasteiger partial charge in [-0.3, -0.25) is 4.79 Å². The van der Waals surface area contributed by atoms with Crippen LogP contribution in [0, 0.1) is 11.6 Å². The highest BCUT2D eigenvalue weighted by Gasteiger charge is 2.31. The maximum Gasteiger partial charge on any atom is 0.256 e. The molecule has 0 N–H and O–H groups in total. The Morgan fingerprint density at radius 3 is 2.26 bits per heavy atom. The van der Waals surface area contributed by atoms with Gasteiger partial charge in [-0.15, -0.1) is 0 Å². The second kappa shape index (κ2) is 7.83. The first kappa shape index (κ1) is 20.2. The fourth-order valence-electron chi connectivity index (χ4n) is 2.75. The zero-order chi connectivity index (χ0) is 19.8. The van der Waals surface area contributed by atoms with Gasteiger partial charge in [-0.2, -0.15) is 4.31 Å². The number of hydrogen-bond donors (Lipinski definition) is 0. The molecule has 2 aromatic carbocycles. The van der Waals surface area contributed by atoms with E-state index in [1.54, 1.807) is 6.07 Å². The van der Waals surface area contributed by atoms with E-state index in [0.717, 1.165) is 18.2 Å². The van der Waals surface area contributed by atoms with Crippen LogP contribution >= 0.6 is 27.5 Å². The zero-order valence-electron chi connectivity index (χ0n) is 13.8. The lowest BCUT2D eigenvalue weighted by Crippen LogP contribution is -2.50. The normalized spacial score (nSPS) is 15.8. The molecule has 0 aliphatic carbocycles. The van der Waals surface area contributed by atoms with Crippen LogP contribution in [0.1, 0.15) is 10.4 Å². The van der Waals surface area contributed by atoms with Crippen LogP contribution in [0.15, 0.2) is 45.8 Å². The van der Waals surface area contributed by atoms with Crippen molar-refractivity contribution in [3.8, 4) is 0 Å². The summed E-state index contributed by atoms with van der Waals surface area (Å²) in [4.78, 5) is 13.8. The molecule has 0 bridgehead atoms. The molecule has 144 valence electrons. The predicted octanol–water partition coefficient (Wildman–Crippen LogP) is 3.53. The van der Waals surface area contributed by atoms with Crippen molar-refractivity contribution >= 4 is 43.5 Å². The van der Waals surface area contributed by atoms with E-state index in [2.05, 4.69) is 15.9 Å². The van der Waals surface area contributed by atoms with Gasteiger partial charge in [0, 0.05) is 30.7 Å². The van der Waals surface area contributed by atoms with Crippen LogP contribution in [0.5, 0.6) is 0 Å². The van der Waals surface area contributed by atoms with Crippen LogP contribution in [-0.2, 0) is 10.0 Å². The van der Waals surface area contributed by atoms with E-state index < -0.39 is 27.6 Å². The molecule has 0 spiro atoms. The van der Waals surface area contributed by atoms with Crippen molar-refractivity contribution in [2.24, 2.45) is 0 Å². The second-order valence-corrected chi connectivity index (χ2v) is 9.16. The highest BCUT2D eigenvalue weighted by molar-refractivity contribution is 9.10. The summed E-state index contributed by atoms with van der Waals surface area (Å²) in [7, 11) is -3.86. The molecule has 1 fully saturated rings. The number of benzene rings is 2. The minimum Gasteiger partial charge on any atom is -0.336 e. The highest BCUT2D eigenvalue weighted by Crippen LogP contribution is 2.24. The minimum absolute atomic E-state index is 0.0429. The van der Waals surface area contributed by atoms with E-state index >= 15 is 0 Å². The fraction of sp³-hybridized carbons (Fsp3) is 0.235. The van der Waals surface area contributed by atoms with Crippen molar-refractivity contribution in [3.63, 3.8) is 0 Å². The largest absolute Gasteiger partial charge is 0.336 e. The number of amides is 1. The third-order valence-corrected chi connectivity index (χ3v) is 6.89. The maximum atomic E-state index is 14.0. The average Bonchev–Trinajstić information content (AvgIpc) is 2.63. The van der Waals surface area contributed by atoms with E-state index in [1.165, 1.54) is 21.3 Å². The second-order valence-electron chi connectivity index (χ2n) is 5.90. The van der Waals surface area contributed by atoms with Gasteiger partial charge in [-0.1, -0.05) is 27.5 Å². The Morgan fingerprint density at radius 2 is 1.67 bits per heavy atom. The Balaban J connectivity index is 1.72. The van der Waals surface area contributed by atoms with Gasteiger partial charge in [0.2, 0.25) is 10.0 Å². The van der Waals surface area contributed by atoms with E-state index in [0.29, 0.717) is 4.47 Å². The van der Waals surface area contributed by atoms with Gasteiger partial charge in [-0.25, -0.2) is 17.2 Å². The number of rotatable bonds is 3. The number of nitrogens with zero attached hydrogens (tertiary/aromatic N) is 2. The molecule has 10 heteroatoms. The van der Waals surface area contributed by atoms with Crippen molar-refractivity contribution in [3.05, 3.63) is 63.1 Å². The van der Waals surface area contributed by atoms with Crippen molar-refractivity contribution in [2.45, 2.75) is 4.90 Å².